The van der Waals surface area contributed by atoms with Crippen molar-refractivity contribution in [3.05, 3.63) is 70.8 Å². The van der Waals surface area contributed by atoms with Crippen LogP contribution in [-0.2, 0) is 6.42 Å². The molecule has 0 atom stereocenters. The fourth-order valence-corrected chi connectivity index (χ4v) is 3.74. The number of aromatic nitrogens is 4. The fourth-order valence-electron chi connectivity index (χ4n) is 3.74. The number of ether oxygens (including phenoxy) is 1. The number of aryl methyl sites for hydroxylation is 3. The van der Waals surface area contributed by atoms with Crippen molar-refractivity contribution < 1.29 is 9.53 Å². The first-order chi connectivity index (χ1) is 15.4. The van der Waals surface area contributed by atoms with Crippen molar-refractivity contribution in [1.82, 2.24) is 25.3 Å². The first-order valence-electron chi connectivity index (χ1n) is 10.4. The molecular formula is C24H27ClN6O2. The number of fused-ring (bicyclic) bond motifs is 1. The van der Waals surface area contributed by atoms with Gasteiger partial charge in [-0.25, -0.2) is 15.0 Å². The summed E-state index contributed by atoms with van der Waals surface area (Å²) in [6.07, 6.45) is 3.72. The standard InChI is InChI=1S/C24H26N6O2.ClH/c1-14-9-15(2)28-22(10-14)30-24-26-12-17(13-27-24)23(31)25-8-7-19-16(3)29-21-6-5-18(32-4)11-20(19)21;/h5-6,9-13,29H,7-8H2,1-4H3,(H,25,31)(H,26,27,28,30);1H. The van der Waals surface area contributed by atoms with Crippen molar-refractivity contribution in [2.75, 3.05) is 19.0 Å². The average Bonchev–Trinajstić information content (AvgIpc) is 3.07. The van der Waals surface area contributed by atoms with Crippen LogP contribution in [0.5, 0.6) is 5.75 Å². The molecular weight excluding hydrogens is 440 g/mol. The molecule has 8 nitrogen and oxygen atoms in total. The number of halogens is 1. The quantitative estimate of drug-likeness (QED) is 0.372. The first-order valence-corrected chi connectivity index (χ1v) is 10.4. The molecule has 0 fully saturated rings. The number of carbonyl (C=O) groups excluding carboxylic acids is 1. The monoisotopic (exact) mass is 466 g/mol. The van der Waals surface area contributed by atoms with E-state index in [2.05, 4.69) is 30.6 Å². The number of carbonyl (C=O) groups is 1. The summed E-state index contributed by atoms with van der Waals surface area (Å²) in [7, 11) is 1.65. The maximum absolute atomic E-state index is 12.5. The summed E-state index contributed by atoms with van der Waals surface area (Å²) >= 11 is 0. The molecule has 4 aromatic rings. The third-order valence-corrected chi connectivity index (χ3v) is 5.24. The van der Waals surface area contributed by atoms with Gasteiger partial charge in [0.15, 0.2) is 0 Å². The lowest BCUT2D eigenvalue weighted by atomic mass is 10.1. The van der Waals surface area contributed by atoms with Gasteiger partial charge in [-0.3, -0.25) is 4.79 Å². The number of benzene rings is 1. The molecule has 0 bridgehead atoms. The average molecular weight is 467 g/mol. The molecule has 0 saturated heterocycles. The van der Waals surface area contributed by atoms with Gasteiger partial charge in [0.05, 0.1) is 12.7 Å². The van der Waals surface area contributed by atoms with Crippen LogP contribution in [0.3, 0.4) is 0 Å². The number of pyridine rings is 1. The Hall–Kier alpha value is -3.65. The molecule has 1 aromatic carbocycles. The van der Waals surface area contributed by atoms with Gasteiger partial charge in [0, 0.05) is 41.2 Å². The van der Waals surface area contributed by atoms with E-state index < -0.39 is 0 Å². The lowest BCUT2D eigenvalue weighted by Gasteiger charge is -2.08. The van der Waals surface area contributed by atoms with Crippen LogP contribution >= 0.6 is 12.4 Å². The van der Waals surface area contributed by atoms with Crippen LogP contribution in [0.15, 0.2) is 42.7 Å². The zero-order valence-corrected chi connectivity index (χ0v) is 19.8. The molecule has 0 unspecified atom stereocenters. The molecule has 33 heavy (non-hydrogen) atoms. The normalized spacial score (nSPS) is 10.5. The Morgan fingerprint density at radius 1 is 1.09 bits per heavy atom. The third kappa shape index (κ3) is 5.59. The topological polar surface area (TPSA) is 105 Å². The summed E-state index contributed by atoms with van der Waals surface area (Å²) in [5, 5.41) is 7.12. The molecule has 0 spiro atoms. The van der Waals surface area contributed by atoms with E-state index in [0.29, 0.717) is 30.3 Å². The summed E-state index contributed by atoms with van der Waals surface area (Å²) in [5.41, 5.74) is 5.71. The summed E-state index contributed by atoms with van der Waals surface area (Å²) in [6, 6.07) is 9.86. The van der Waals surface area contributed by atoms with Crippen LogP contribution < -0.4 is 15.4 Å². The van der Waals surface area contributed by atoms with Gasteiger partial charge in [-0.2, -0.15) is 0 Å². The largest absolute Gasteiger partial charge is 0.497 e. The van der Waals surface area contributed by atoms with Crippen molar-refractivity contribution in [2.45, 2.75) is 27.2 Å². The third-order valence-electron chi connectivity index (χ3n) is 5.24. The molecule has 0 radical (unpaired) electrons. The SMILES string of the molecule is COc1ccc2[nH]c(C)c(CCNC(=O)c3cnc(Nc4cc(C)cc(C)n4)nc3)c2c1.Cl. The van der Waals surface area contributed by atoms with E-state index >= 15 is 0 Å². The second kappa shape index (κ2) is 10.3. The number of rotatable bonds is 7. The molecule has 172 valence electrons. The van der Waals surface area contributed by atoms with Crippen LogP contribution in [0.2, 0.25) is 0 Å². The zero-order valence-electron chi connectivity index (χ0n) is 19.0. The Labute approximate surface area is 198 Å². The minimum atomic E-state index is -0.212. The minimum Gasteiger partial charge on any atom is -0.497 e. The highest BCUT2D eigenvalue weighted by atomic mass is 35.5. The van der Waals surface area contributed by atoms with Crippen LogP contribution in [0.1, 0.15) is 32.9 Å². The molecule has 0 saturated carbocycles. The van der Waals surface area contributed by atoms with Gasteiger partial charge in [0.25, 0.3) is 5.91 Å². The highest BCUT2D eigenvalue weighted by molar-refractivity contribution is 5.93. The maximum atomic E-state index is 12.5. The van der Waals surface area contributed by atoms with Gasteiger partial charge < -0.3 is 20.4 Å². The van der Waals surface area contributed by atoms with Gasteiger partial charge in [-0.15, -0.1) is 12.4 Å². The molecule has 0 aliphatic heterocycles. The smallest absolute Gasteiger partial charge is 0.254 e. The van der Waals surface area contributed by atoms with Crippen LogP contribution in [-0.4, -0.2) is 39.5 Å². The van der Waals surface area contributed by atoms with Crippen LogP contribution in [0.25, 0.3) is 10.9 Å². The van der Waals surface area contributed by atoms with Crippen LogP contribution in [0.4, 0.5) is 11.8 Å². The van der Waals surface area contributed by atoms with Gasteiger partial charge in [-0.1, -0.05) is 0 Å². The predicted molar refractivity (Wildman–Crippen MR) is 132 cm³/mol. The number of methoxy groups -OCH3 is 1. The van der Waals surface area contributed by atoms with E-state index in [4.69, 9.17) is 4.74 Å². The van der Waals surface area contributed by atoms with E-state index in [1.165, 1.54) is 12.4 Å². The molecule has 3 aromatic heterocycles. The number of hydrogen-bond donors (Lipinski definition) is 3. The van der Waals surface area contributed by atoms with Gasteiger partial charge >= 0.3 is 0 Å². The fraction of sp³-hybridized carbons (Fsp3) is 0.250. The van der Waals surface area contributed by atoms with Gasteiger partial charge in [0.2, 0.25) is 5.95 Å². The second-order valence-corrected chi connectivity index (χ2v) is 7.74. The van der Waals surface area contributed by atoms with Crippen LogP contribution in [0, 0.1) is 20.8 Å². The maximum Gasteiger partial charge on any atom is 0.254 e. The first kappa shape index (κ1) is 24.0. The van der Waals surface area contributed by atoms with E-state index in [1.54, 1.807) is 7.11 Å². The highest BCUT2D eigenvalue weighted by Crippen LogP contribution is 2.26. The molecule has 3 heterocycles. The Morgan fingerprint density at radius 2 is 1.85 bits per heavy atom. The lowest BCUT2D eigenvalue weighted by Crippen LogP contribution is -2.26. The minimum absolute atomic E-state index is 0. The van der Waals surface area contributed by atoms with E-state index in [-0.39, 0.29) is 18.3 Å². The highest BCUT2D eigenvalue weighted by Gasteiger charge is 2.12. The molecule has 4 rings (SSSR count). The van der Waals surface area contributed by atoms with Crippen molar-refractivity contribution in [1.29, 1.82) is 0 Å². The van der Waals surface area contributed by atoms with E-state index in [9.17, 15) is 4.79 Å². The summed E-state index contributed by atoms with van der Waals surface area (Å²) < 4.78 is 5.34. The van der Waals surface area contributed by atoms with Crippen molar-refractivity contribution in [3.8, 4) is 5.75 Å². The Morgan fingerprint density at radius 3 is 2.55 bits per heavy atom. The van der Waals surface area contributed by atoms with Crippen molar-refractivity contribution in [2.24, 2.45) is 0 Å². The number of H-pyrrole nitrogens is 1. The predicted octanol–water partition coefficient (Wildman–Crippen LogP) is 4.42. The lowest BCUT2D eigenvalue weighted by molar-refractivity contribution is 0.0953. The summed E-state index contributed by atoms with van der Waals surface area (Å²) in [4.78, 5) is 28.8. The zero-order chi connectivity index (χ0) is 22.7. The Bertz CT molecular complexity index is 1250. The summed E-state index contributed by atoms with van der Waals surface area (Å²) in [5.74, 6) is 1.66. The number of nitrogens with one attached hydrogen (secondary N) is 3. The number of anilines is 2. The molecule has 0 aliphatic rings. The molecule has 9 heteroatoms. The number of amides is 1. The molecule has 1 amide bonds. The van der Waals surface area contributed by atoms with Gasteiger partial charge in [0.1, 0.15) is 11.6 Å². The van der Waals surface area contributed by atoms with Gasteiger partial charge in [-0.05, 0) is 68.7 Å². The van der Waals surface area contributed by atoms with Crippen molar-refractivity contribution >= 4 is 41.0 Å². The Balaban J connectivity index is 0.00000306. The molecule has 3 N–H and O–H groups in total. The number of nitrogens with zero attached hydrogens (tertiary/aromatic N) is 3. The van der Waals surface area contributed by atoms with E-state index in [1.807, 2.05) is 51.1 Å². The molecule has 0 aliphatic carbocycles. The number of aromatic amines is 1. The van der Waals surface area contributed by atoms with E-state index in [0.717, 1.165) is 39.2 Å². The number of hydrogen-bond acceptors (Lipinski definition) is 6. The van der Waals surface area contributed by atoms with Crippen molar-refractivity contribution in [3.63, 3.8) is 0 Å². The summed E-state index contributed by atoms with van der Waals surface area (Å²) in [6.45, 7) is 6.47. The second-order valence-electron chi connectivity index (χ2n) is 7.74. The Kier molecular flexibility index (Phi) is 7.50.